The first-order chi connectivity index (χ1) is 14.2. The second-order valence-electron chi connectivity index (χ2n) is 7.23. The first-order valence-corrected chi connectivity index (χ1v) is 10.8. The van der Waals surface area contributed by atoms with Crippen LogP contribution in [-0.4, -0.2) is 41.5 Å². The van der Waals surface area contributed by atoms with Crippen molar-refractivity contribution in [3.05, 3.63) is 53.1 Å². The Morgan fingerprint density at radius 1 is 0.933 bits per heavy atom. The number of benzene rings is 2. The van der Waals surface area contributed by atoms with Gasteiger partial charge in [-0.15, -0.1) is 11.8 Å². The van der Waals surface area contributed by atoms with Crippen molar-refractivity contribution in [3.63, 3.8) is 0 Å². The monoisotopic (exact) mass is 427 g/mol. The SMILES string of the molecule is CCN(CC(=O)Nc1ccc(NC(C)=O)cc1)C(=O)CSc1c(C)cc(C)cc1C. The molecule has 0 aliphatic rings. The number of nitrogens with one attached hydrogen (secondary N) is 2. The van der Waals surface area contributed by atoms with Crippen LogP contribution in [0.15, 0.2) is 41.3 Å². The lowest BCUT2D eigenvalue weighted by Gasteiger charge is -2.21. The lowest BCUT2D eigenvalue weighted by molar-refractivity contribution is -0.132. The molecule has 0 aromatic heterocycles. The van der Waals surface area contributed by atoms with Crippen molar-refractivity contribution in [1.82, 2.24) is 4.90 Å². The lowest BCUT2D eigenvalue weighted by atomic mass is 10.1. The zero-order chi connectivity index (χ0) is 22.3. The molecule has 3 amide bonds. The van der Waals surface area contributed by atoms with Gasteiger partial charge in [0.15, 0.2) is 0 Å². The molecule has 0 heterocycles. The van der Waals surface area contributed by atoms with E-state index < -0.39 is 0 Å². The molecule has 0 spiro atoms. The van der Waals surface area contributed by atoms with Crippen LogP contribution in [0.1, 0.15) is 30.5 Å². The number of rotatable bonds is 8. The van der Waals surface area contributed by atoms with E-state index >= 15 is 0 Å². The predicted molar refractivity (Wildman–Crippen MR) is 123 cm³/mol. The van der Waals surface area contributed by atoms with Crippen LogP contribution in [0.3, 0.4) is 0 Å². The molecule has 0 atom stereocenters. The number of aryl methyl sites for hydroxylation is 3. The molecule has 0 fully saturated rings. The number of hydrogen-bond acceptors (Lipinski definition) is 4. The number of carbonyl (C=O) groups is 3. The molecule has 0 unspecified atom stereocenters. The topological polar surface area (TPSA) is 78.5 Å². The second-order valence-corrected chi connectivity index (χ2v) is 8.22. The van der Waals surface area contributed by atoms with Crippen LogP contribution >= 0.6 is 11.8 Å². The summed E-state index contributed by atoms with van der Waals surface area (Å²) in [5, 5.41) is 5.46. The fourth-order valence-electron chi connectivity index (χ4n) is 3.21. The first kappa shape index (κ1) is 23.5. The van der Waals surface area contributed by atoms with Gasteiger partial charge in [0.05, 0.1) is 12.3 Å². The largest absolute Gasteiger partial charge is 0.333 e. The fourth-order valence-corrected chi connectivity index (χ4v) is 4.23. The molecule has 2 N–H and O–H groups in total. The summed E-state index contributed by atoms with van der Waals surface area (Å²) in [6, 6.07) is 11.1. The smallest absolute Gasteiger partial charge is 0.243 e. The van der Waals surface area contributed by atoms with Crippen molar-refractivity contribution in [1.29, 1.82) is 0 Å². The van der Waals surface area contributed by atoms with E-state index in [1.165, 1.54) is 24.2 Å². The van der Waals surface area contributed by atoms with Crippen LogP contribution in [0.5, 0.6) is 0 Å². The molecular formula is C23H29N3O3S. The minimum absolute atomic E-state index is 0.00476. The van der Waals surface area contributed by atoms with Crippen molar-refractivity contribution in [2.45, 2.75) is 39.5 Å². The summed E-state index contributed by atoms with van der Waals surface area (Å²) in [6.07, 6.45) is 0. The number of hydrogen-bond donors (Lipinski definition) is 2. The molecule has 7 heteroatoms. The van der Waals surface area contributed by atoms with Crippen LogP contribution in [-0.2, 0) is 14.4 Å². The highest BCUT2D eigenvalue weighted by atomic mass is 32.2. The van der Waals surface area contributed by atoms with Gasteiger partial charge in [-0.3, -0.25) is 14.4 Å². The Labute approximate surface area is 182 Å². The van der Waals surface area contributed by atoms with E-state index in [1.807, 2.05) is 6.92 Å². The Balaban J connectivity index is 1.91. The van der Waals surface area contributed by atoms with Gasteiger partial charge in [0, 0.05) is 29.7 Å². The summed E-state index contributed by atoms with van der Waals surface area (Å²) in [6.45, 7) is 9.91. The van der Waals surface area contributed by atoms with Gasteiger partial charge in [0.1, 0.15) is 0 Å². The third-order valence-corrected chi connectivity index (χ3v) is 5.83. The number of nitrogens with zero attached hydrogens (tertiary/aromatic N) is 1. The van der Waals surface area contributed by atoms with Gasteiger partial charge in [-0.2, -0.15) is 0 Å². The molecular weight excluding hydrogens is 398 g/mol. The van der Waals surface area contributed by atoms with Crippen molar-refractivity contribution in [3.8, 4) is 0 Å². The predicted octanol–water partition coefficient (Wildman–Crippen LogP) is 4.15. The molecule has 0 saturated heterocycles. The minimum atomic E-state index is -0.259. The van der Waals surface area contributed by atoms with Crippen LogP contribution in [0, 0.1) is 20.8 Å². The van der Waals surface area contributed by atoms with Gasteiger partial charge in [-0.25, -0.2) is 0 Å². The fraction of sp³-hybridized carbons (Fsp3) is 0.348. The quantitative estimate of drug-likeness (QED) is 0.621. The molecule has 30 heavy (non-hydrogen) atoms. The Morgan fingerprint density at radius 2 is 1.47 bits per heavy atom. The maximum atomic E-state index is 12.7. The van der Waals surface area contributed by atoms with E-state index in [4.69, 9.17) is 0 Å². The second kappa shape index (κ2) is 10.8. The molecule has 2 aromatic carbocycles. The van der Waals surface area contributed by atoms with Crippen molar-refractivity contribution >= 4 is 40.9 Å². The third-order valence-electron chi connectivity index (χ3n) is 4.50. The molecule has 0 bridgehead atoms. The maximum Gasteiger partial charge on any atom is 0.243 e. The molecule has 2 aromatic rings. The van der Waals surface area contributed by atoms with E-state index in [0.717, 1.165) is 16.0 Å². The van der Waals surface area contributed by atoms with Gasteiger partial charge >= 0.3 is 0 Å². The molecule has 0 aliphatic heterocycles. The van der Waals surface area contributed by atoms with Gasteiger partial charge in [-0.1, -0.05) is 17.7 Å². The van der Waals surface area contributed by atoms with Gasteiger partial charge in [0.25, 0.3) is 0 Å². The summed E-state index contributed by atoms with van der Waals surface area (Å²) in [4.78, 5) is 38.8. The summed E-state index contributed by atoms with van der Waals surface area (Å²) in [7, 11) is 0. The molecule has 0 radical (unpaired) electrons. The highest BCUT2D eigenvalue weighted by Gasteiger charge is 2.17. The van der Waals surface area contributed by atoms with E-state index in [0.29, 0.717) is 17.9 Å². The normalized spacial score (nSPS) is 10.4. The summed E-state index contributed by atoms with van der Waals surface area (Å²) >= 11 is 1.51. The Morgan fingerprint density at radius 3 is 1.97 bits per heavy atom. The molecule has 2 rings (SSSR count). The number of carbonyl (C=O) groups excluding carboxylic acids is 3. The lowest BCUT2D eigenvalue weighted by Crippen LogP contribution is -2.38. The number of anilines is 2. The summed E-state index contributed by atoms with van der Waals surface area (Å²) < 4.78 is 0. The van der Waals surface area contributed by atoms with Gasteiger partial charge in [-0.05, 0) is 63.1 Å². The first-order valence-electron chi connectivity index (χ1n) is 9.85. The van der Waals surface area contributed by atoms with E-state index in [1.54, 1.807) is 29.2 Å². The van der Waals surface area contributed by atoms with Crippen molar-refractivity contribution in [2.75, 3.05) is 29.5 Å². The van der Waals surface area contributed by atoms with Gasteiger partial charge < -0.3 is 15.5 Å². The van der Waals surface area contributed by atoms with E-state index in [9.17, 15) is 14.4 Å². The van der Waals surface area contributed by atoms with E-state index in [2.05, 4.69) is 43.5 Å². The minimum Gasteiger partial charge on any atom is -0.333 e. The molecule has 0 saturated carbocycles. The highest BCUT2D eigenvalue weighted by Crippen LogP contribution is 2.27. The Hall–Kier alpha value is -2.80. The highest BCUT2D eigenvalue weighted by molar-refractivity contribution is 8.00. The molecule has 6 nitrogen and oxygen atoms in total. The standard InChI is InChI=1S/C23H29N3O3S/c1-6-26(22(29)14-30-23-16(3)11-15(2)12-17(23)4)13-21(28)25-20-9-7-19(8-10-20)24-18(5)27/h7-12H,6,13-14H2,1-5H3,(H,24,27)(H,25,28). The Kier molecular flexibility index (Phi) is 8.47. The Bertz CT molecular complexity index is 903. The number of likely N-dealkylation sites (N-methyl/N-ethyl adjacent to an activating group) is 1. The number of thioether (sulfide) groups is 1. The molecule has 160 valence electrons. The van der Waals surface area contributed by atoms with Crippen LogP contribution in [0.2, 0.25) is 0 Å². The average Bonchev–Trinajstić information content (AvgIpc) is 2.66. The van der Waals surface area contributed by atoms with Gasteiger partial charge in [0.2, 0.25) is 17.7 Å². The summed E-state index contributed by atoms with van der Waals surface area (Å²) in [5.41, 5.74) is 4.79. The van der Waals surface area contributed by atoms with E-state index in [-0.39, 0.29) is 30.0 Å². The van der Waals surface area contributed by atoms with Crippen molar-refractivity contribution in [2.24, 2.45) is 0 Å². The maximum absolute atomic E-state index is 12.7. The third kappa shape index (κ3) is 6.91. The zero-order valence-corrected chi connectivity index (χ0v) is 19.0. The zero-order valence-electron chi connectivity index (χ0n) is 18.2. The van der Waals surface area contributed by atoms with Crippen LogP contribution < -0.4 is 10.6 Å². The van der Waals surface area contributed by atoms with Crippen molar-refractivity contribution < 1.29 is 14.4 Å². The van der Waals surface area contributed by atoms with Crippen LogP contribution in [0.25, 0.3) is 0 Å². The van der Waals surface area contributed by atoms with Crippen LogP contribution in [0.4, 0.5) is 11.4 Å². The molecule has 0 aliphatic carbocycles. The number of amides is 3. The average molecular weight is 428 g/mol. The summed E-state index contributed by atoms with van der Waals surface area (Å²) in [5.74, 6) is -0.196.